The summed E-state index contributed by atoms with van der Waals surface area (Å²) < 4.78 is 30.8. The Morgan fingerprint density at radius 3 is 2.56 bits per heavy atom. The molecule has 2 saturated heterocycles. The number of nitrogens with zero attached hydrogens (tertiary/aromatic N) is 3. The zero-order valence-corrected chi connectivity index (χ0v) is 15.5. The van der Waals surface area contributed by atoms with Gasteiger partial charge < -0.3 is 10.1 Å². The van der Waals surface area contributed by atoms with Crippen molar-refractivity contribution in [2.75, 3.05) is 37.8 Å². The lowest BCUT2D eigenvalue weighted by Gasteiger charge is -2.31. The Morgan fingerprint density at radius 2 is 1.96 bits per heavy atom. The highest BCUT2D eigenvalue weighted by Crippen LogP contribution is 2.15. The first-order valence-electron chi connectivity index (χ1n) is 8.84. The monoisotopic (exact) mass is 369 g/mol. The van der Waals surface area contributed by atoms with Gasteiger partial charge in [0.2, 0.25) is 16.0 Å². The summed E-state index contributed by atoms with van der Waals surface area (Å²) in [6.45, 7) is 4.12. The van der Waals surface area contributed by atoms with Crippen molar-refractivity contribution in [2.24, 2.45) is 0 Å². The molecule has 0 bridgehead atoms. The van der Waals surface area contributed by atoms with E-state index in [1.807, 2.05) is 12.4 Å². The second kappa shape index (κ2) is 8.39. The summed E-state index contributed by atoms with van der Waals surface area (Å²) in [5, 5.41) is 3.22. The SMILES string of the molecule is CS(=O)(=O)NC1CCN(Cc2cnc(NC[C@H]3CCCO3)nc2)CC1. The molecule has 2 aliphatic heterocycles. The van der Waals surface area contributed by atoms with Crippen LogP contribution in [0.2, 0.25) is 0 Å². The number of aromatic nitrogens is 2. The predicted octanol–water partition coefficient (Wildman–Crippen LogP) is 0.581. The van der Waals surface area contributed by atoms with Gasteiger partial charge in [0.1, 0.15) is 0 Å². The van der Waals surface area contributed by atoms with Crippen molar-refractivity contribution in [3.05, 3.63) is 18.0 Å². The highest BCUT2D eigenvalue weighted by Gasteiger charge is 2.21. The van der Waals surface area contributed by atoms with Gasteiger partial charge in [-0.1, -0.05) is 0 Å². The van der Waals surface area contributed by atoms with E-state index in [0.717, 1.165) is 64.0 Å². The van der Waals surface area contributed by atoms with E-state index in [1.165, 1.54) is 6.26 Å². The van der Waals surface area contributed by atoms with E-state index in [9.17, 15) is 8.42 Å². The number of hydrogen-bond acceptors (Lipinski definition) is 7. The maximum absolute atomic E-state index is 11.3. The molecule has 0 unspecified atom stereocenters. The van der Waals surface area contributed by atoms with Gasteiger partial charge in [0, 0.05) is 56.8 Å². The Morgan fingerprint density at radius 1 is 1.24 bits per heavy atom. The Labute approximate surface area is 149 Å². The van der Waals surface area contributed by atoms with Gasteiger partial charge in [-0.2, -0.15) is 0 Å². The summed E-state index contributed by atoms with van der Waals surface area (Å²) in [7, 11) is -3.12. The van der Waals surface area contributed by atoms with Crippen LogP contribution < -0.4 is 10.0 Å². The zero-order valence-electron chi connectivity index (χ0n) is 14.6. The smallest absolute Gasteiger partial charge is 0.222 e. The molecule has 0 aromatic carbocycles. The number of piperidine rings is 1. The molecule has 2 N–H and O–H groups in total. The van der Waals surface area contributed by atoms with Crippen LogP contribution in [-0.2, 0) is 21.3 Å². The van der Waals surface area contributed by atoms with Crippen LogP contribution in [0.3, 0.4) is 0 Å². The van der Waals surface area contributed by atoms with E-state index in [-0.39, 0.29) is 12.1 Å². The molecule has 8 nitrogen and oxygen atoms in total. The fourth-order valence-corrected chi connectivity index (χ4v) is 4.15. The van der Waals surface area contributed by atoms with E-state index in [4.69, 9.17) is 4.74 Å². The van der Waals surface area contributed by atoms with Crippen LogP contribution >= 0.6 is 0 Å². The molecule has 0 aliphatic carbocycles. The van der Waals surface area contributed by atoms with Crippen molar-refractivity contribution in [1.29, 1.82) is 0 Å². The molecule has 2 aliphatic rings. The van der Waals surface area contributed by atoms with Crippen molar-refractivity contribution >= 4 is 16.0 Å². The summed E-state index contributed by atoms with van der Waals surface area (Å²) >= 11 is 0. The van der Waals surface area contributed by atoms with Crippen molar-refractivity contribution in [3.8, 4) is 0 Å². The van der Waals surface area contributed by atoms with Gasteiger partial charge in [0.25, 0.3) is 0 Å². The molecule has 9 heteroatoms. The Kier molecular flexibility index (Phi) is 6.21. The van der Waals surface area contributed by atoms with Gasteiger partial charge in [0.15, 0.2) is 0 Å². The minimum absolute atomic E-state index is 0.0480. The first-order chi connectivity index (χ1) is 12.0. The summed E-state index contributed by atoms with van der Waals surface area (Å²) in [5.74, 6) is 0.635. The van der Waals surface area contributed by atoms with Gasteiger partial charge >= 0.3 is 0 Å². The largest absolute Gasteiger partial charge is 0.376 e. The summed E-state index contributed by atoms with van der Waals surface area (Å²) in [5.41, 5.74) is 1.07. The molecule has 1 aromatic heterocycles. The summed E-state index contributed by atoms with van der Waals surface area (Å²) in [6, 6.07) is 0.0480. The van der Waals surface area contributed by atoms with Crippen LogP contribution in [0.4, 0.5) is 5.95 Å². The lowest BCUT2D eigenvalue weighted by Crippen LogP contribution is -2.43. The summed E-state index contributed by atoms with van der Waals surface area (Å²) in [4.78, 5) is 11.0. The number of anilines is 1. The topological polar surface area (TPSA) is 96.5 Å². The average Bonchev–Trinajstić information content (AvgIpc) is 3.08. The molecule has 1 atom stereocenters. The second-order valence-electron chi connectivity index (χ2n) is 6.87. The number of nitrogens with one attached hydrogen (secondary N) is 2. The second-order valence-corrected chi connectivity index (χ2v) is 8.65. The van der Waals surface area contributed by atoms with Gasteiger partial charge in [-0.05, 0) is 25.7 Å². The van der Waals surface area contributed by atoms with Crippen molar-refractivity contribution < 1.29 is 13.2 Å². The molecule has 2 fully saturated rings. The zero-order chi connectivity index (χ0) is 17.7. The standard InChI is InChI=1S/C16H27N5O3S/c1-25(22,23)20-14-4-6-21(7-5-14)12-13-9-17-16(18-10-13)19-11-15-3-2-8-24-15/h9-10,14-15,20H,2-8,11-12H2,1H3,(H,17,18,19)/t15-/m1/s1. The van der Waals surface area contributed by atoms with Crippen LogP contribution in [0.5, 0.6) is 0 Å². The van der Waals surface area contributed by atoms with Crippen molar-refractivity contribution in [3.63, 3.8) is 0 Å². The van der Waals surface area contributed by atoms with E-state index in [0.29, 0.717) is 5.95 Å². The number of hydrogen-bond donors (Lipinski definition) is 2. The molecule has 0 radical (unpaired) electrons. The molecule has 0 saturated carbocycles. The first-order valence-corrected chi connectivity index (χ1v) is 10.7. The van der Waals surface area contributed by atoms with Crippen molar-refractivity contribution in [1.82, 2.24) is 19.6 Å². The molecular weight excluding hydrogens is 342 g/mol. The first kappa shape index (κ1) is 18.5. The molecule has 3 heterocycles. The fourth-order valence-electron chi connectivity index (χ4n) is 3.31. The molecule has 0 amide bonds. The minimum Gasteiger partial charge on any atom is -0.376 e. The van der Waals surface area contributed by atoms with E-state index < -0.39 is 10.0 Å². The molecule has 0 spiro atoms. The summed E-state index contributed by atoms with van der Waals surface area (Å²) in [6.07, 6.45) is 9.06. The van der Waals surface area contributed by atoms with Gasteiger partial charge in [-0.25, -0.2) is 23.1 Å². The van der Waals surface area contributed by atoms with Gasteiger partial charge in [-0.3, -0.25) is 4.90 Å². The minimum atomic E-state index is -3.12. The Balaban J connectivity index is 1.41. The molecule has 140 valence electrons. The van der Waals surface area contributed by atoms with E-state index >= 15 is 0 Å². The highest BCUT2D eigenvalue weighted by molar-refractivity contribution is 7.88. The average molecular weight is 369 g/mol. The van der Waals surface area contributed by atoms with Crippen LogP contribution in [0, 0.1) is 0 Å². The predicted molar refractivity (Wildman–Crippen MR) is 95.8 cm³/mol. The normalized spacial score (nSPS) is 23.0. The number of rotatable bonds is 7. The Bertz CT molecular complexity index is 638. The quantitative estimate of drug-likeness (QED) is 0.726. The van der Waals surface area contributed by atoms with Gasteiger partial charge in [0.05, 0.1) is 12.4 Å². The highest BCUT2D eigenvalue weighted by atomic mass is 32.2. The van der Waals surface area contributed by atoms with Crippen LogP contribution in [0.1, 0.15) is 31.2 Å². The van der Waals surface area contributed by atoms with E-state index in [1.54, 1.807) is 0 Å². The molecule has 1 aromatic rings. The third-order valence-electron chi connectivity index (χ3n) is 4.59. The van der Waals surface area contributed by atoms with Gasteiger partial charge in [-0.15, -0.1) is 0 Å². The lowest BCUT2D eigenvalue weighted by atomic mass is 10.1. The number of ether oxygens (including phenoxy) is 1. The lowest BCUT2D eigenvalue weighted by molar-refractivity contribution is 0.120. The maximum Gasteiger partial charge on any atom is 0.222 e. The third kappa shape index (κ3) is 6.18. The van der Waals surface area contributed by atoms with Crippen molar-refractivity contribution in [2.45, 2.75) is 44.4 Å². The molecule has 25 heavy (non-hydrogen) atoms. The van der Waals surface area contributed by atoms with Crippen LogP contribution in [0.15, 0.2) is 12.4 Å². The Hall–Kier alpha value is -1.29. The van der Waals surface area contributed by atoms with Crippen LogP contribution in [0.25, 0.3) is 0 Å². The number of sulfonamides is 1. The molecular formula is C16H27N5O3S. The molecule has 3 rings (SSSR count). The maximum atomic E-state index is 11.3. The number of likely N-dealkylation sites (tertiary alicyclic amines) is 1. The fraction of sp³-hybridized carbons (Fsp3) is 0.750. The van der Waals surface area contributed by atoms with Crippen LogP contribution in [-0.4, -0.2) is 67.9 Å². The van der Waals surface area contributed by atoms with E-state index in [2.05, 4.69) is 24.9 Å². The third-order valence-corrected chi connectivity index (χ3v) is 5.35.